The average molecular weight is 432 g/mol. The Hall–Kier alpha value is -3.12. The van der Waals surface area contributed by atoms with Crippen molar-refractivity contribution < 1.29 is 22.4 Å². The fourth-order valence-corrected chi connectivity index (χ4v) is 4.55. The third-order valence-corrected chi connectivity index (χ3v) is 5.98. The maximum atomic E-state index is 14.0. The lowest BCUT2D eigenvalue weighted by Crippen LogP contribution is -2.50. The van der Waals surface area contributed by atoms with E-state index in [1.807, 2.05) is 11.0 Å². The van der Waals surface area contributed by atoms with Gasteiger partial charge in [-0.1, -0.05) is 6.07 Å². The predicted octanol–water partition coefficient (Wildman–Crippen LogP) is 2.86. The van der Waals surface area contributed by atoms with E-state index in [4.69, 9.17) is 5.73 Å². The lowest BCUT2D eigenvalue weighted by Gasteiger charge is -2.36. The fourth-order valence-electron chi connectivity index (χ4n) is 4.55. The van der Waals surface area contributed by atoms with Crippen molar-refractivity contribution in [3.05, 3.63) is 64.7 Å². The van der Waals surface area contributed by atoms with Crippen molar-refractivity contribution in [2.24, 2.45) is 5.73 Å². The summed E-state index contributed by atoms with van der Waals surface area (Å²) in [6.07, 6.45) is 0.531. The van der Waals surface area contributed by atoms with Crippen LogP contribution >= 0.6 is 0 Å². The second-order valence-corrected chi connectivity index (χ2v) is 8.01. The lowest BCUT2D eigenvalue weighted by molar-refractivity contribution is -0.132. The predicted molar refractivity (Wildman–Crippen MR) is 105 cm³/mol. The van der Waals surface area contributed by atoms with Gasteiger partial charge in [0.2, 0.25) is 5.91 Å². The van der Waals surface area contributed by atoms with E-state index in [0.29, 0.717) is 31.3 Å². The summed E-state index contributed by atoms with van der Waals surface area (Å²) in [5.74, 6) is -4.13. The maximum absolute atomic E-state index is 14.0. The van der Waals surface area contributed by atoms with E-state index in [1.165, 1.54) is 6.07 Å². The lowest BCUT2D eigenvalue weighted by atomic mass is 10.0. The van der Waals surface area contributed by atoms with Crippen molar-refractivity contribution in [1.82, 2.24) is 4.90 Å². The highest BCUT2D eigenvalue weighted by Gasteiger charge is 2.46. The molecule has 2 aliphatic heterocycles. The molecule has 3 unspecified atom stereocenters. The van der Waals surface area contributed by atoms with Gasteiger partial charge in [0.05, 0.1) is 11.7 Å². The molecule has 1 amide bonds. The van der Waals surface area contributed by atoms with Gasteiger partial charge in [0, 0.05) is 37.7 Å². The first-order chi connectivity index (χ1) is 14.8. The molecule has 2 saturated heterocycles. The summed E-state index contributed by atoms with van der Waals surface area (Å²) in [5, 5.41) is 9.28. The van der Waals surface area contributed by atoms with Crippen LogP contribution in [0.25, 0.3) is 0 Å². The summed E-state index contributed by atoms with van der Waals surface area (Å²) < 4.78 is 54.2. The minimum absolute atomic E-state index is 0.0106. The molecule has 0 aliphatic carbocycles. The smallest absolute Gasteiger partial charge is 0.224 e. The summed E-state index contributed by atoms with van der Waals surface area (Å²) in [7, 11) is 0. The second kappa shape index (κ2) is 8.19. The number of carbonyl (C=O) groups excluding carboxylic acids is 1. The molecule has 2 heterocycles. The van der Waals surface area contributed by atoms with Crippen molar-refractivity contribution in [2.45, 2.75) is 37.4 Å². The number of nitrogens with zero attached hydrogens (tertiary/aromatic N) is 3. The number of fused-ring (bicyclic) bond motifs is 2. The van der Waals surface area contributed by atoms with Crippen LogP contribution in [0.5, 0.6) is 0 Å². The molecule has 31 heavy (non-hydrogen) atoms. The Balaban J connectivity index is 1.39. The fraction of sp³-hybridized carbons (Fsp3) is 0.364. The van der Waals surface area contributed by atoms with Crippen molar-refractivity contribution in [2.75, 3.05) is 18.0 Å². The molecule has 0 aromatic heterocycles. The normalized spacial score (nSPS) is 20.8. The monoisotopic (exact) mass is 432 g/mol. The van der Waals surface area contributed by atoms with Crippen LogP contribution in [0.1, 0.15) is 24.0 Å². The molecule has 2 fully saturated rings. The number of anilines is 1. The number of piperazine rings is 1. The molecule has 2 aromatic carbocycles. The van der Waals surface area contributed by atoms with E-state index in [2.05, 4.69) is 0 Å². The van der Waals surface area contributed by atoms with Crippen LogP contribution in [0.4, 0.5) is 23.2 Å². The van der Waals surface area contributed by atoms with Crippen LogP contribution in [-0.4, -0.2) is 42.0 Å². The summed E-state index contributed by atoms with van der Waals surface area (Å²) in [5.41, 5.74) is 6.41. The van der Waals surface area contributed by atoms with Crippen molar-refractivity contribution in [1.29, 1.82) is 5.26 Å². The molecular formula is C22H20F4N4O. The SMILES string of the molecule is N#Cc1c(F)cccc1N1CC2CC1CN2C(=O)CC(N)Cc1cc(F)c(F)cc1F. The highest BCUT2D eigenvalue weighted by atomic mass is 19.2. The van der Waals surface area contributed by atoms with Crippen LogP contribution in [0, 0.1) is 34.6 Å². The van der Waals surface area contributed by atoms with Gasteiger partial charge in [0.15, 0.2) is 11.6 Å². The van der Waals surface area contributed by atoms with Gasteiger partial charge in [0.25, 0.3) is 0 Å². The van der Waals surface area contributed by atoms with Gasteiger partial charge in [0.1, 0.15) is 23.3 Å². The zero-order chi connectivity index (χ0) is 22.3. The first-order valence-corrected chi connectivity index (χ1v) is 9.92. The standard InChI is InChI=1S/C22H20F4N4O/c23-17-2-1-3-21(16(17)9-27)29-10-15-7-14(29)11-30(15)22(31)6-13(28)4-12-5-19(25)20(26)8-18(12)24/h1-3,5,8,13-15H,4,6-7,10-11,28H2. The number of carbonyl (C=O) groups is 1. The number of hydrogen-bond acceptors (Lipinski definition) is 4. The van der Waals surface area contributed by atoms with Crippen LogP contribution in [-0.2, 0) is 11.2 Å². The summed E-state index contributed by atoms with van der Waals surface area (Å²) in [6.45, 7) is 0.888. The molecule has 2 bridgehead atoms. The minimum Gasteiger partial charge on any atom is -0.363 e. The third kappa shape index (κ3) is 3.95. The number of hydrogen-bond donors (Lipinski definition) is 1. The summed E-state index contributed by atoms with van der Waals surface area (Å²) >= 11 is 0. The van der Waals surface area contributed by atoms with Crippen LogP contribution in [0.15, 0.2) is 30.3 Å². The van der Waals surface area contributed by atoms with Crippen molar-refractivity contribution in [3.63, 3.8) is 0 Å². The molecule has 162 valence electrons. The number of benzene rings is 2. The Morgan fingerprint density at radius 2 is 1.84 bits per heavy atom. The third-order valence-electron chi connectivity index (χ3n) is 5.98. The molecule has 3 atom stereocenters. The average Bonchev–Trinajstić information content (AvgIpc) is 3.32. The Bertz CT molecular complexity index is 1070. The van der Waals surface area contributed by atoms with E-state index >= 15 is 0 Å². The molecule has 5 nitrogen and oxygen atoms in total. The molecule has 2 aromatic rings. The summed E-state index contributed by atoms with van der Waals surface area (Å²) in [6, 6.07) is 6.72. The number of halogens is 4. The number of rotatable bonds is 5. The highest BCUT2D eigenvalue weighted by molar-refractivity contribution is 5.78. The summed E-state index contributed by atoms with van der Waals surface area (Å²) in [4.78, 5) is 16.4. The quantitative estimate of drug-likeness (QED) is 0.583. The van der Waals surface area contributed by atoms with E-state index in [-0.39, 0.29) is 42.0 Å². The zero-order valence-corrected chi connectivity index (χ0v) is 16.5. The number of amides is 1. The van der Waals surface area contributed by atoms with E-state index in [9.17, 15) is 27.6 Å². The maximum Gasteiger partial charge on any atom is 0.224 e. The van der Waals surface area contributed by atoms with Crippen molar-refractivity contribution in [3.8, 4) is 6.07 Å². The molecule has 0 radical (unpaired) electrons. The number of nitriles is 1. The van der Waals surface area contributed by atoms with Crippen LogP contribution in [0.3, 0.4) is 0 Å². The molecule has 2 N–H and O–H groups in total. The van der Waals surface area contributed by atoms with Gasteiger partial charge in [-0.3, -0.25) is 4.79 Å². The van der Waals surface area contributed by atoms with Gasteiger partial charge in [-0.2, -0.15) is 5.26 Å². The topological polar surface area (TPSA) is 73.4 Å². The van der Waals surface area contributed by atoms with Crippen LogP contribution < -0.4 is 10.6 Å². The Morgan fingerprint density at radius 3 is 2.52 bits per heavy atom. The number of nitrogens with two attached hydrogens (primary N) is 1. The Labute approximate surface area is 176 Å². The van der Waals surface area contributed by atoms with Gasteiger partial charge in [-0.25, -0.2) is 17.6 Å². The first kappa shape index (κ1) is 21.1. The van der Waals surface area contributed by atoms with Crippen molar-refractivity contribution >= 4 is 11.6 Å². The van der Waals surface area contributed by atoms with Gasteiger partial charge < -0.3 is 15.5 Å². The Morgan fingerprint density at radius 1 is 1.10 bits per heavy atom. The van der Waals surface area contributed by atoms with Gasteiger partial charge in [-0.15, -0.1) is 0 Å². The highest BCUT2D eigenvalue weighted by Crippen LogP contribution is 2.37. The molecular weight excluding hydrogens is 412 g/mol. The van der Waals surface area contributed by atoms with Crippen LogP contribution in [0.2, 0.25) is 0 Å². The second-order valence-electron chi connectivity index (χ2n) is 8.01. The van der Waals surface area contributed by atoms with E-state index in [1.54, 1.807) is 17.0 Å². The Kier molecular flexibility index (Phi) is 5.58. The first-order valence-electron chi connectivity index (χ1n) is 9.92. The van der Waals surface area contributed by atoms with Gasteiger partial charge in [-0.05, 0) is 36.6 Å². The molecule has 4 rings (SSSR count). The van der Waals surface area contributed by atoms with E-state index in [0.717, 1.165) is 6.07 Å². The molecule has 0 spiro atoms. The van der Waals surface area contributed by atoms with E-state index < -0.39 is 29.3 Å². The largest absolute Gasteiger partial charge is 0.363 e. The minimum atomic E-state index is -1.28. The molecule has 0 saturated carbocycles. The molecule has 9 heteroatoms. The molecule has 2 aliphatic rings. The number of likely N-dealkylation sites (tertiary alicyclic amines) is 1. The zero-order valence-electron chi connectivity index (χ0n) is 16.5. The van der Waals surface area contributed by atoms with Gasteiger partial charge >= 0.3 is 0 Å².